The average Bonchev–Trinajstić information content (AvgIpc) is 2.89. The molecule has 90 valence electrons. The van der Waals surface area contributed by atoms with E-state index in [0.717, 1.165) is 38.1 Å². The van der Waals surface area contributed by atoms with Gasteiger partial charge in [0.05, 0.1) is 11.8 Å². The normalized spacial score (nSPS) is 20.4. The zero-order valence-corrected chi connectivity index (χ0v) is 9.85. The van der Waals surface area contributed by atoms with Gasteiger partial charge in [-0.15, -0.1) is 5.10 Å². The van der Waals surface area contributed by atoms with Gasteiger partial charge in [0.2, 0.25) is 0 Å². The number of rotatable bonds is 5. The Morgan fingerprint density at radius 3 is 3.12 bits per heavy atom. The fourth-order valence-electron chi connectivity index (χ4n) is 2.16. The summed E-state index contributed by atoms with van der Waals surface area (Å²) in [5.74, 6) is 0.578. The summed E-state index contributed by atoms with van der Waals surface area (Å²) in [6.45, 7) is 3.91. The van der Waals surface area contributed by atoms with Crippen LogP contribution in [-0.4, -0.2) is 27.7 Å². The topological polar surface area (TPSA) is 66.0 Å². The number of hydrogen-bond donors (Lipinski definition) is 1. The molecule has 0 saturated carbocycles. The summed E-state index contributed by atoms with van der Waals surface area (Å²) in [5.41, 5.74) is 6.86. The fourth-order valence-corrected chi connectivity index (χ4v) is 2.16. The first kappa shape index (κ1) is 11.4. The van der Waals surface area contributed by atoms with Crippen LogP contribution in [0.4, 0.5) is 5.82 Å². The van der Waals surface area contributed by atoms with E-state index in [2.05, 4.69) is 17.2 Å². The van der Waals surface area contributed by atoms with E-state index in [1.54, 1.807) is 0 Å². The molecule has 0 spiro atoms. The highest BCUT2D eigenvalue weighted by atomic mass is 16.5. The lowest BCUT2D eigenvalue weighted by atomic mass is 10.2. The van der Waals surface area contributed by atoms with Crippen LogP contribution in [0, 0.1) is 0 Å². The van der Waals surface area contributed by atoms with Crippen LogP contribution >= 0.6 is 0 Å². The first-order valence-electron chi connectivity index (χ1n) is 6.10. The molecule has 0 radical (unpaired) electrons. The smallest absolute Gasteiger partial charge is 0.169 e. The highest BCUT2D eigenvalue weighted by molar-refractivity contribution is 5.32. The fraction of sp³-hybridized carbons (Fsp3) is 0.818. The van der Waals surface area contributed by atoms with Crippen LogP contribution in [-0.2, 0) is 17.7 Å². The van der Waals surface area contributed by atoms with Crippen molar-refractivity contribution in [2.24, 2.45) is 0 Å². The number of hydrogen-bond acceptors (Lipinski definition) is 4. The van der Waals surface area contributed by atoms with Gasteiger partial charge in [-0.2, -0.15) is 0 Å². The Morgan fingerprint density at radius 2 is 2.44 bits per heavy atom. The van der Waals surface area contributed by atoms with E-state index in [-0.39, 0.29) is 0 Å². The monoisotopic (exact) mass is 224 g/mol. The minimum Gasteiger partial charge on any atom is -0.381 e. The average molecular weight is 224 g/mol. The quantitative estimate of drug-likeness (QED) is 0.820. The maximum Gasteiger partial charge on any atom is 0.169 e. The Balaban J connectivity index is 1.92. The number of nitrogens with zero attached hydrogens (tertiary/aromatic N) is 3. The summed E-state index contributed by atoms with van der Waals surface area (Å²) in [5, 5.41) is 8.01. The highest BCUT2D eigenvalue weighted by Gasteiger charge is 2.16. The first-order chi connectivity index (χ1) is 7.81. The molecule has 2 heterocycles. The van der Waals surface area contributed by atoms with Gasteiger partial charge in [0, 0.05) is 13.2 Å². The predicted octanol–water partition coefficient (Wildman–Crippen LogP) is 1.38. The molecule has 1 aromatic rings. The SMILES string of the molecule is CCCc1c(N)nnn1CCC1CCCO1. The summed E-state index contributed by atoms with van der Waals surface area (Å²) < 4.78 is 7.52. The largest absolute Gasteiger partial charge is 0.381 e. The number of aryl methyl sites for hydroxylation is 1. The van der Waals surface area contributed by atoms with Crippen molar-refractivity contribution in [2.75, 3.05) is 12.3 Å². The van der Waals surface area contributed by atoms with Crippen molar-refractivity contribution in [1.82, 2.24) is 15.0 Å². The molecule has 2 N–H and O–H groups in total. The lowest BCUT2D eigenvalue weighted by molar-refractivity contribution is 0.0990. The van der Waals surface area contributed by atoms with Gasteiger partial charge in [0.1, 0.15) is 0 Å². The Hall–Kier alpha value is -1.10. The van der Waals surface area contributed by atoms with Crippen LogP contribution in [0.1, 0.15) is 38.3 Å². The van der Waals surface area contributed by atoms with Gasteiger partial charge in [-0.25, -0.2) is 4.68 Å². The molecule has 5 nitrogen and oxygen atoms in total. The summed E-state index contributed by atoms with van der Waals surface area (Å²) in [6, 6.07) is 0. The maximum atomic E-state index is 5.79. The minimum atomic E-state index is 0.403. The molecular formula is C11H20N4O. The van der Waals surface area contributed by atoms with E-state index in [1.165, 1.54) is 12.8 Å². The molecule has 0 amide bonds. The molecule has 1 saturated heterocycles. The zero-order valence-electron chi connectivity index (χ0n) is 9.85. The second-order valence-electron chi connectivity index (χ2n) is 4.32. The van der Waals surface area contributed by atoms with Gasteiger partial charge in [-0.05, 0) is 25.7 Å². The second-order valence-corrected chi connectivity index (χ2v) is 4.32. The molecule has 0 aliphatic carbocycles. The van der Waals surface area contributed by atoms with Crippen molar-refractivity contribution in [1.29, 1.82) is 0 Å². The van der Waals surface area contributed by atoms with Crippen molar-refractivity contribution in [2.45, 2.75) is 51.7 Å². The number of ether oxygens (including phenoxy) is 1. The molecule has 1 fully saturated rings. The van der Waals surface area contributed by atoms with Gasteiger partial charge >= 0.3 is 0 Å². The molecule has 1 unspecified atom stereocenters. The first-order valence-corrected chi connectivity index (χ1v) is 6.10. The lowest BCUT2D eigenvalue weighted by Gasteiger charge is -2.10. The molecule has 0 bridgehead atoms. The van der Waals surface area contributed by atoms with E-state index < -0.39 is 0 Å². The molecule has 1 aromatic heterocycles. The van der Waals surface area contributed by atoms with Gasteiger partial charge in [0.15, 0.2) is 5.82 Å². The molecule has 1 aliphatic rings. The molecule has 1 atom stereocenters. The van der Waals surface area contributed by atoms with Gasteiger partial charge in [-0.3, -0.25) is 0 Å². The van der Waals surface area contributed by atoms with Crippen molar-refractivity contribution in [3.05, 3.63) is 5.69 Å². The Bertz CT molecular complexity index is 331. The molecule has 16 heavy (non-hydrogen) atoms. The number of nitrogen functional groups attached to an aromatic ring is 1. The predicted molar refractivity (Wildman–Crippen MR) is 62.0 cm³/mol. The van der Waals surface area contributed by atoms with Crippen molar-refractivity contribution in [3.8, 4) is 0 Å². The number of anilines is 1. The van der Waals surface area contributed by atoms with Gasteiger partial charge in [-0.1, -0.05) is 18.6 Å². The maximum absolute atomic E-state index is 5.79. The van der Waals surface area contributed by atoms with Crippen molar-refractivity contribution >= 4 is 5.82 Å². The van der Waals surface area contributed by atoms with E-state index in [0.29, 0.717) is 11.9 Å². The van der Waals surface area contributed by atoms with Crippen LogP contribution < -0.4 is 5.73 Å². The Morgan fingerprint density at radius 1 is 1.56 bits per heavy atom. The van der Waals surface area contributed by atoms with E-state index in [1.807, 2.05) is 4.68 Å². The van der Waals surface area contributed by atoms with Crippen LogP contribution in [0.25, 0.3) is 0 Å². The molecule has 0 aromatic carbocycles. The summed E-state index contributed by atoms with van der Waals surface area (Å²) in [7, 11) is 0. The van der Waals surface area contributed by atoms with Crippen LogP contribution in [0.5, 0.6) is 0 Å². The zero-order chi connectivity index (χ0) is 11.4. The summed E-state index contributed by atoms with van der Waals surface area (Å²) in [6.07, 6.45) is 5.79. The van der Waals surface area contributed by atoms with E-state index >= 15 is 0 Å². The third kappa shape index (κ3) is 2.52. The summed E-state index contributed by atoms with van der Waals surface area (Å²) in [4.78, 5) is 0. The highest BCUT2D eigenvalue weighted by Crippen LogP contribution is 2.17. The third-order valence-electron chi connectivity index (χ3n) is 3.04. The van der Waals surface area contributed by atoms with Gasteiger partial charge < -0.3 is 10.5 Å². The molecule has 2 rings (SSSR count). The van der Waals surface area contributed by atoms with Crippen LogP contribution in [0.15, 0.2) is 0 Å². The molecular weight excluding hydrogens is 204 g/mol. The van der Waals surface area contributed by atoms with E-state index in [4.69, 9.17) is 10.5 Å². The Labute approximate surface area is 96.0 Å². The van der Waals surface area contributed by atoms with E-state index in [9.17, 15) is 0 Å². The van der Waals surface area contributed by atoms with Crippen LogP contribution in [0.2, 0.25) is 0 Å². The van der Waals surface area contributed by atoms with Gasteiger partial charge in [0.25, 0.3) is 0 Å². The van der Waals surface area contributed by atoms with Crippen LogP contribution in [0.3, 0.4) is 0 Å². The molecule has 5 heteroatoms. The third-order valence-corrected chi connectivity index (χ3v) is 3.04. The number of nitrogens with two attached hydrogens (primary N) is 1. The molecule has 1 aliphatic heterocycles. The standard InChI is InChI=1S/C11H20N4O/c1-2-4-10-11(12)13-14-15(10)7-6-9-5-3-8-16-9/h9H,2-8,12H2,1H3. The van der Waals surface area contributed by atoms with Crippen molar-refractivity contribution < 1.29 is 4.74 Å². The Kier molecular flexibility index (Phi) is 3.77. The van der Waals surface area contributed by atoms with Crippen molar-refractivity contribution in [3.63, 3.8) is 0 Å². The minimum absolute atomic E-state index is 0.403. The summed E-state index contributed by atoms with van der Waals surface area (Å²) >= 11 is 0. The lowest BCUT2D eigenvalue weighted by Crippen LogP contribution is -2.13. The number of aromatic nitrogens is 3. The second kappa shape index (κ2) is 5.30.